The molecule has 0 bridgehead atoms. The third-order valence-electron chi connectivity index (χ3n) is 1.42. The molecule has 0 saturated heterocycles. The van der Waals surface area contributed by atoms with Gasteiger partial charge in [0.1, 0.15) is 0 Å². The minimum absolute atomic E-state index is 0. The van der Waals surface area contributed by atoms with Gasteiger partial charge in [0.05, 0.1) is 0 Å². The molecule has 0 aliphatic carbocycles. The molecule has 1 aromatic carbocycles. The molecule has 0 saturated carbocycles. The van der Waals surface area contributed by atoms with Gasteiger partial charge in [-0.1, -0.05) is 18.2 Å². The van der Waals surface area contributed by atoms with E-state index in [0.717, 1.165) is 0 Å². The Morgan fingerprint density at radius 3 is 2.67 bits per heavy atom. The average molecular weight is 180 g/mol. The van der Waals surface area contributed by atoms with E-state index in [1.165, 1.54) is 10.5 Å². The van der Waals surface area contributed by atoms with Crippen LogP contribution in [0.15, 0.2) is 35.4 Å². The molecule has 1 aliphatic rings. The number of hydrogen-bond donors (Lipinski definition) is 1. The van der Waals surface area contributed by atoms with E-state index < -0.39 is 0 Å². The van der Waals surface area contributed by atoms with E-state index in [1.54, 1.807) is 11.9 Å². The molecule has 0 unspecified atom stereocenters. The molecule has 0 amide bonds. The van der Waals surface area contributed by atoms with E-state index in [1.807, 2.05) is 12.3 Å². The lowest BCUT2D eigenvalue weighted by molar-refractivity contribution is 1.11. The maximum atomic E-state index is 3.08. The van der Waals surface area contributed by atoms with Gasteiger partial charge in [-0.2, -0.15) is 0 Å². The number of nitrogens with one attached hydrogen (secondary N) is 1. The highest BCUT2D eigenvalue weighted by atomic mass is 32.2. The molecule has 1 aliphatic heterocycles. The predicted molar refractivity (Wildman–Crippen MR) is 52.7 cm³/mol. The van der Waals surface area contributed by atoms with E-state index >= 15 is 0 Å². The summed E-state index contributed by atoms with van der Waals surface area (Å²) in [4.78, 5) is 1.30. The molecule has 0 fully saturated rings. The Labute approximate surface area is 77.3 Å². The van der Waals surface area contributed by atoms with Gasteiger partial charge in [-0.25, -0.2) is 0 Å². The summed E-state index contributed by atoms with van der Waals surface area (Å²) in [7, 11) is 0. The molecule has 1 N–H and O–H groups in total. The summed E-state index contributed by atoms with van der Waals surface area (Å²) in [5.74, 6) is 0. The standard InChI is InChI=1S/C8H7NS.B.FH/c1-2-4-8-7(3-1)5-6-9-10-8;;/h1-6,9H;;1H. The fraction of sp³-hybridized carbons (Fsp3) is 0. The Bertz CT molecular complexity index is 278. The minimum atomic E-state index is 0. The van der Waals surface area contributed by atoms with Gasteiger partial charge in [0, 0.05) is 19.5 Å². The van der Waals surface area contributed by atoms with Crippen LogP contribution in [0.1, 0.15) is 5.56 Å². The molecule has 0 atom stereocenters. The average Bonchev–Trinajstić information content (AvgIpc) is 2.05. The molecular weight excluding hydrogens is 172 g/mol. The molecule has 4 heteroatoms. The van der Waals surface area contributed by atoms with Crippen molar-refractivity contribution in [1.29, 1.82) is 0 Å². The summed E-state index contributed by atoms with van der Waals surface area (Å²) >= 11 is 1.65. The Hall–Kier alpha value is -0.895. The zero-order valence-corrected chi connectivity index (χ0v) is 7.17. The quantitative estimate of drug-likeness (QED) is 0.484. The second-order valence-corrected chi connectivity index (χ2v) is 2.97. The van der Waals surface area contributed by atoms with Gasteiger partial charge in [0.15, 0.2) is 0 Å². The van der Waals surface area contributed by atoms with Gasteiger partial charge in [-0.05, 0) is 29.7 Å². The van der Waals surface area contributed by atoms with Crippen molar-refractivity contribution in [1.82, 2.24) is 4.72 Å². The van der Waals surface area contributed by atoms with E-state index in [9.17, 15) is 0 Å². The van der Waals surface area contributed by atoms with Crippen LogP contribution in [-0.4, -0.2) is 8.41 Å². The number of hydrogen-bond acceptors (Lipinski definition) is 2. The lowest BCUT2D eigenvalue weighted by Crippen LogP contribution is -1.96. The zero-order chi connectivity index (χ0) is 6.81. The highest BCUT2D eigenvalue weighted by Gasteiger charge is 2.00. The molecule has 0 spiro atoms. The first-order valence-corrected chi connectivity index (χ1v) is 3.96. The van der Waals surface area contributed by atoms with Crippen molar-refractivity contribution in [3.05, 3.63) is 36.0 Å². The first kappa shape index (κ1) is 11.1. The Morgan fingerprint density at radius 1 is 1.17 bits per heavy atom. The Kier molecular flexibility index (Phi) is 4.51. The van der Waals surface area contributed by atoms with Crippen molar-refractivity contribution in [3.8, 4) is 0 Å². The summed E-state index contributed by atoms with van der Waals surface area (Å²) in [6, 6.07) is 8.32. The first-order valence-electron chi connectivity index (χ1n) is 3.15. The summed E-state index contributed by atoms with van der Waals surface area (Å²) in [5.41, 5.74) is 1.30. The number of fused-ring (bicyclic) bond motifs is 1. The van der Waals surface area contributed by atoms with Crippen molar-refractivity contribution in [2.45, 2.75) is 4.90 Å². The molecule has 1 aromatic rings. The Balaban J connectivity index is 0.000000605. The SMILES string of the molecule is C1=Cc2ccccc2SN1.F.[B]. The largest absolute Gasteiger partial charge is 0.332 e. The van der Waals surface area contributed by atoms with Gasteiger partial charge < -0.3 is 4.72 Å². The highest BCUT2D eigenvalue weighted by Crippen LogP contribution is 2.23. The third kappa shape index (κ3) is 2.04. The highest BCUT2D eigenvalue weighted by molar-refractivity contribution is 7.97. The lowest BCUT2D eigenvalue weighted by Gasteiger charge is -2.08. The van der Waals surface area contributed by atoms with Crippen molar-refractivity contribution >= 4 is 26.4 Å². The zero-order valence-electron chi connectivity index (χ0n) is 6.36. The van der Waals surface area contributed by atoms with Gasteiger partial charge in [-0.15, -0.1) is 0 Å². The molecular formula is C8H8BFNS. The second kappa shape index (κ2) is 4.88. The number of benzene rings is 1. The van der Waals surface area contributed by atoms with E-state index in [-0.39, 0.29) is 13.1 Å². The summed E-state index contributed by atoms with van der Waals surface area (Å²) < 4.78 is 3.08. The van der Waals surface area contributed by atoms with Crippen LogP contribution in [0.4, 0.5) is 4.70 Å². The number of halogens is 1. The summed E-state index contributed by atoms with van der Waals surface area (Å²) in [6.07, 6.45) is 4.03. The molecule has 1 heterocycles. The molecule has 12 heavy (non-hydrogen) atoms. The third-order valence-corrected chi connectivity index (χ3v) is 2.26. The first-order chi connectivity index (χ1) is 4.97. The summed E-state index contributed by atoms with van der Waals surface area (Å²) in [6.45, 7) is 0. The minimum Gasteiger partial charge on any atom is -0.332 e. The fourth-order valence-corrected chi connectivity index (χ4v) is 1.60. The van der Waals surface area contributed by atoms with Gasteiger partial charge in [0.2, 0.25) is 0 Å². The van der Waals surface area contributed by atoms with Gasteiger partial charge in [0.25, 0.3) is 0 Å². The van der Waals surface area contributed by atoms with Crippen LogP contribution in [0.5, 0.6) is 0 Å². The van der Waals surface area contributed by atoms with Crippen molar-refractivity contribution in [2.24, 2.45) is 0 Å². The van der Waals surface area contributed by atoms with Gasteiger partial charge in [-0.3, -0.25) is 4.70 Å². The van der Waals surface area contributed by atoms with Crippen LogP contribution in [-0.2, 0) is 0 Å². The molecule has 1 nitrogen and oxygen atoms in total. The van der Waals surface area contributed by atoms with Crippen molar-refractivity contribution < 1.29 is 4.70 Å². The normalized spacial score (nSPS) is 11.7. The fourth-order valence-electron chi connectivity index (χ4n) is 0.932. The van der Waals surface area contributed by atoms with E-state index in [2.05, 4.69) is 29.0 Å². The molecule has 3 radical (unpaired) electrons. The van der Waals surface area contributed by atoms with Crippen LogP contribution < -0.4 is 4.72 Å². The van der Waals surface area contributed by atoms with E-state index in [0.29, 0.717) is 0 Å². The predicted octanol–water partition coefficient (Wildman–Crippen LogP) is 2.04. The second-order valence-electron chi connectivity index (χ2n) is 2.09. The lowest BCUT2D eigenvalue weighted by atomic mass is 10.2. The van der Waals surface area contributed by atoms with Crippen LogP contribution in [0.3, 0.4) is 0 Å². The number of rotatable bonds is 0. The van der Waals surface area contributed by atoms with Gasteiger partial charge >= 0.3 is 0 Å². The Morgan fingerprint density at radius 2 is 1.92 bits per heavy atom. The molecule has 2 rings (SSSR count). The van der Waals surface area contributed by atoms with E-state index in [4.69, 9.17) is 0 Å². The molecule has 61 valence electrons. The maximum absolute atomic E-state index is 3.08. The van der Waals surface area contributed by atoms with Crippen molar-refractivity contribution in [2.75, 3.05) is 0 Å². The van der Waals surface area contributed by atoms with Crippen LogP contribution in [0, 0.1) is 0 Å². The maximum Gasteiger partial charge on any atom is 0.0357 e. The van der Waals surface area contributed by atoms with Crippen LogP contribution in [0.25, 0.3) is 6.08 Å². The smallest absolute Gasteiger partial charge is 0.0357 e. The summed E-state index contributed by atoms with van der Waals surface area (Å²) in [5, 5.41) is 0. The molecule has 0 aromatic heterocycles. The van der Waals surface area contributed by atoms with Crippen LogP contribution >= 0.6 is 11.9 Å². The monoisotopic (exact) mass is 180 g/mol. The topological polar surface area (TPSA) is 12.0 Å². The van der Waals surface area contributed by atoms with Crippen molar-refractivity contribution in [3.63, 3.8) is 0 Å². The van der Waals surface area contributed by atoms with Crippen LogP contribution in [0.2, 0.25) is 0 Å².